The SMILES string of the molecule is COc1ccccc1CCNC(=O)C[NH+]1CCC[C@@H]2CCCC[C@@H]21. The molecule has 4 heteroatoms. The van der Waals surface area contributed by atoms with Crippen molar-refractivity contribution in [2.75, 3.05) is 26.7 Å². The largest absolute Gasteiger partial charge is 0.496 e. The molecule has 2 fully saturated rings. The van der Waals surface area contributed by atoms with Crippen molar-refractivity contribution in [3.8, 4) is 5.75 Å². The Labute approximate surface area is 145 Å². The van der Waals surface area contributed by atoms with E-state index in [0.29, 0.717) is 13.1 Å². The molecule has 1 unspecified atom stereocenters. The van der Waals surface area contributed by atoms with Gasteiger partial charge in [-0.15, -0.1) is 0 Å². The van der Waals surface area contributed by atoms with Gasteiger partial charge in [-0.3, -0.25) is 4.79 Å². The van der Waals surface area contributed by atoms with Gasteiger partial charge in [0, 0.05) is 12.5 Å². The average Bonchev–Trinajstić information content (AvgIpc) is 2.62. The summed E-state index contributed by atoms with van der Waals surface area (Å²) >= 11 is 0. The third-order valence-electron chi connectivity index (χ3n) is 5.80. The molecule has 1 aromatic rings. The van der Waals surface area contributed by atoms with E-state index in [1.54, 1.807) is 7.11 Å². The van der Waals surface area contributed by atoms with Crippen molar-refractivity contribution in [3.63, 3.8) is 0 Å². The van der Waals surface area contributed by atoms with Crippen LogP contribution in [0.2, 0.25) is 0 Å². The molecule has 1 aliphatic carbocycles. The molecule has 1 aromatic carbocycles. The van der Waals surface area contributed by atoms with E-state index in [9.17, 15) is 4.79 Å². The zero-order valence-electron chi connectivity index (χ0n) is 14.9. The molecule has 3 rings (SSSR count). The van der Waals surface area contributed by atoms with Gasteiger partial charge in [-0.25, -0.2) is 0 Å². The molecule has 0 bridgehead atoms. The molecule has 0 radical (unpaired) electrons. The Bertz CT molecular complexity index is 544. The lowest BCUT2D eigenvalue weighted by molar-refractivity contribution is -0.928. The van der Waals surface area contributed by atoms with Crippen LogP contribution in [0.4, 0.5) is 0 Å². The number of para-hydroxylation sites is 1. The Kier molecular flexibility index (Phi) is 6.13. The minimum absolute atomic E-state index is 0.200. The maximum absolute atomic E-state index is 12.4. The van der Waals surface area contributed by atoms with Gasteiger partial charge in [0.25, 0.3) is 5.91 Å². The standard InChI is InChI=1S/C20H30N2O2/c1-24-19-11-5-3-8-17(19)12-13-21-20(23)15-22-14-6-9-16-7-2-4-10-18(16)22/h3,5,8,11,16,18H,2,4,6-7,9-10,12-15H2,1H3,(H,21,23)/p+1/t16-,18-/m0/s1. The first-order chi connectivity index (χ1) is 11.8. The number of hydrogen-bond donors (Lipinski definition) is 2. The van der Waals surface area contributed by atoms with Crippen LogP contribution in [0.5, 0.6) is 5.75 Å². The van der Waals surface area contributed by atoms with E-state index in [1.165, 1.54) is 50.0 Å². The van der Waals surface area contributed by atoms with E-state index in [0.717, 1.165) is 29.7 Å². The number of hydrogen-bond acceptors (Lipinski definition) is 2. The van der Waals surface area contributed by atoms with Gasteiger partial charge < -0.3 is 15.0 Å². The summed E-state index contributed by atoms with van der Waals surface area (Å²) in [5, 5.41) is 3.11. The predicted octanol–water partition coefficient (Wildman–Crippen LogP) is 1.59. The van der Waals surface area contributed by atoms with Gasteiger partial charge in [0.15, 0.2) is 6.54 Å². The van der Waals surface area contributed by atoms with E-state index in [4.69, 9.17) is 4.74 Å². The van der Waals surface area contributed by atoms with Crippen molar-refractivity contribution < 1.29 is 14.4 Å². The molecular weight excluding hydrogens is 300 g/mol. The summed E-state index contributed by atoms with van der Waals surface area (Å²) in [6.45, 7) is 2.49. The monoisotopic (exact) mass is 331 g/mol. The van der Waals surface area contributed by atoms with Crippen LogP contribution < -0.4 is 15.0 Å². The molecule has 1 amide bonds. The minimum atomic E-state index is 0.200. The van der Waals surface area contributed by atoms with Crippen molar-refractivity contribution >= 4 is 5.91 Å². The fourth-order valence-electron chi connectivity index (χ4n) is 4.60. The van der Waals surface area contributed by atoms with Gasteiger partial charge >= 0.3 is 0 Å². The zero-order valence-corrected chi connectivity index (χ0v) is 14.9. The van der Waals surface area contributed by atoms with Crippen molar-refractivity contribution in [2.45, 2.75) is 51.0 Å². The number of amides is 1. The van der Waals surface area contributed by atoms with Gasteiger partial charge in [-0.05, 0) is 50.2 Å². The van der Waals surface area contributed by atoms with Crippen molar-refractivity contribution in [3.05, 3.63) is 29.8 Å². The summed E-state index contributed by atoms with van der Waals surface area (Å²) in [6, 6.07) is 8.75. The van der Waals surface area contributed by atoms with Crippen molar-refractivity contribution in [2.24, 2.45) is 5.92 Å². The van der Waals surface area contributed by atoms with E-state index >= 15 is 0 Å². The lowest BCUT2D eigenvalue weighted by Gasteiger charge is -2.40. The number of methoxy groups -OCH3 is 1. The van der Waals surface area contributed by atoms with Gasteiger partial charge in [-0.1, -0.05) is 24.6 Å². The number of rotatable bonds is 6. The third kappa shape index (κ3) is 4.29. The Morgan fingerprint density at radius 1 is 1.21 bits per heavy atom. The lowest BCUT2D eigenvalue weighted by Crippen LogP contribution is -3.18. The second-order valence-corrected chi connectivity index (χ2v) is 7.29. The number of carbonyl (C=O) groups excluding carboxylic acids is 1. The van der Waals surface area contributed by atoms with Crippen LogP contribution >= 0.6 is 0 Å². The van der Waals surface area contributed by atoms with Crippen molar-refractivity contribution in [1.82, 2.24) is 5.32 Å². The third-order valence-corrected chi connectivity index (χ3v) is 5.80. The Balaban J connectivity index is 1.45. The van der Waals surface area contributed by atoms with Gasteiger partial charge in [0.2, 0.25) is 0 Å². The van der Waals surface area contributed by atoms with Gasteiger partial charge in [0.1, 0.15) is 5.75 Å². The Morgan fingerprint density at radius 3 is 2.88 bits per heavy atom. The molecule has 2 aliphatic rings. The van der Waals surface area contributed by atoms with Crippen LogP contribution in [0.25, 0.3) is 0 Å². The van der Waals surface area contributed by atoms with E-state index in [2.05, 4.69) is 11.4 Å². The summed E-state index contributed by atoms with van der Waals surface area (Å²) < 4.78 is 5.37. The summed E-state index contributed by atoms with van der Waals surface area (Å²) in [5.41, 5.74) is 1.15. The summed E-state index contributed by atoms with van der Waals surface area (Å²) in [6.07, 6.45) is 8.91. The lowest BCUT2D eigenvalue weighted by atomic mass is 9.78. The normalized spacial score (nSPS) is 26.5. The summed E-state index contributed by atoms with van der Waals surface area (Å²) in [4.78, 5) is 13.9. The fraction of sp³-hybridized carbons (Fsp3) is 0.650. The molecule has 24 heavy (non-hydrogen) atoms. The second kappa shape index (κ2) is 8.52. The van der Waals surface area contributed by atoms with E-state index in [-0.39, 0.29) is 5.91 Å². The molecular formula is C20H31N2O2+. The molecule has 1 saturated carbocycles. The molecule has 1 heterocycles. The van der Waals surface area contributed by atoms with Crippen molar-refractivity contribution in [1.29, 1.82) is 0 Å². The number of fused-ring (bicyclic) bond motifs is 1. The molecule has 0 spiro atoms. The number of nitrogens with one attached hydrogen (secondary N) is 2. The fourth-order valence-corrected chi connectivity index (χ4v) is 4.60. The number of likely N-dealkylation sites (tertiary alicyclic amines) is 1. The topological polar surface area (TPSA) is 42.8 Å². The quantitative estimate of drug-likeness (QED) is 0.831. The molecule has 3 atom stereocenters. The highest BCUT2D eigenvalue weighted by Crippen LogP contribution is 2.28. The zero-order chi connectivity index (χ0) is 16.8. The molecule has 4 nitrogen and oxygen atoms in total. The number of quaternary nitrogens is 1. The first-order valence-electron chi connectivity index (χ1n) is 9.51. The number of ether oxygens (including phenoxy) is 1. The summed E-state index contributed by atoms with van der Waals surface area (Å²) in [7, 11) is 1.69. The number of carbonyl (C=O) groups is 1. The van der Waals surface area contributed by atoms with Crippen LogP contribution in [-0.2, 0) is 11.2 Å². The Morgan fingerprint density at radius 2 is 2.00 bits per heavy atom. The number of benzene rings is 1. The minimum Gasteiger partial charge on any atom is -0.496 e. The average molecular weight is 331 g/mol. The molecule has 1 saturated heterocycles. The first-order valence-corrected chi connectivity index (χ1v) is 9.51. The number of piperidine rings is 1. The van der Waals surface area contributed by atoms with Gasteiger partial charge in [0.05, 0.1) is 19.7 Å². The second-order valence-electron chi connectivity index (χ2n) is 7.29. The summed E-state index contributed by atoms with van der Waals surface area (Å²) in [5.74, 6) is 1.97. The van der Waals surface area contributed by atoms with Crippen LogP contribution in [0, 0.1) is 5.92 Å². The molecule has 1 aliphatic heterocycles. The van der Waals surface area contributed by atoms with Crippen LogP contribution in [0.15, 0.2) is 24.3 Å². The van der Waals surface area contributed by atoms with E-state index < -0.39 is 0 Å². The van der Waals surface area contributed by atoms with Crippen LogP contribution in [0.3, 0.4) is 0 Å². The highest BCUT2D eigenvalue weighted by Gasteiger charge is 2.37. The molecule has 132 valence electrons. The smallest absolute Gasteiger partial charge is 0.275 e. The maximum Gasteiger partial charge on any atom is 0.275 e. The molecule has 2 N–H and O–H groups in total. The van der Waals surface area contributed by atoms with Crippen LogP contribution in [0.1, 0.15) is 44.1 Å². The maximum atomic E-state index is 12.4. The first kappa shape index (κ1) is 17.3. The van der Waals surface area contributed by atoms with Crippen LogP contribution in [-0.4, -0.2) is 38.7 Å². The Hall–Kier alpha value is -1.55. The predicted molar refractivity (Wildman–Crippen MR) is 95.4 cm³/mol. The van der Waals surface area contributed by atoms with Gasteiger partial charge in [-0.2, -0.15) is 0 Å². The molecule has 0 aromatic heterocycles. The highest BCUT2D eigenvalue weighted by atomic mass is 16.5. The highest BCUT2D eigenvalue weighted by molar-refractivity contribution is 5.76. The van der Waals surface area contributed by atoms with E-state index in [1.807, 2.05) is 18.2 Å².